The van der Waals surface area contributed by atoms with Gasteiger partial charge in [0.25, 0.3) is 0 Å². The van der Waals surface area contributed by atoms with E-state index < -0.39 is 0 Å². The lowest BCUT2D eigenvalue weighted by Gasteiger charge is -2.34. The van der Waals surface area contributed by atoms with Gasteiger partial charge >= 0.3 is 6.03 Å². The molecule has 3 saturated heterocycles. The summed E-state index contributed by atoms with van der Waals surface area (Å²) in [6.45, 7) is 5.75. The van der Waals surface area contributed by atoms with E-state index in [4.69, 9.17) is 19.7 Å². The Balaban J connectivity index is 1.25. The minimum atomic E-state index is -0.266. The van der Waals surface area contributed by atoms with Crippen LogP contribution in [0.1, 0.15) is 12.8 Å². The van der Waals surface area contributed by atoms with Gasteiger partial charge in [-0.15, -0.1) is 0 Å². The summed E-state index contributed by atoms with van der Waals surface area (Å²) in [6, 6.07) is 15.7. The second kappa shape index (κ2) is 11.0. The van der Waals surface area contributed by atoms with Crippen molar-refractivity contribution in [1.82, 2.24) is 25.2 Å². The summed E-state index contributed by atoms with van der Waals surface area (Å²) in [5.74, 6) is 1.71. The van der Waals surface area contributed by atoms with Crippen molar-refractivity contribution < 1.29 is 9.53 Å². The fourth-order valence-electron chi connectivity index (χ4n) is 5.31. The maximum Gasteiger partial charge on any atom is 0.318 e. The van der Waals surface area contributed by atoms with Crippen molar-refractivity contribution in [3.63, 3.8) is 0 Å². The number of piperazine rings is 1. The number of nitrogens with zero attached hydrogens (tertiary/aromatic N) is 6. The fourth-order valence-corrected chi connectivity index (χ4v) is 5.31. The van der Waals surface area contributed by atoms with Crippen LogP contribution in [0.2, 0.25) is 0 Å². The number of rotatable bonds is 6. The van der Waals surface area contributed by atoms with Crippen LogP contribution in [-0.2, 0) is 4.74 Å². The Hall–Kier alpha value is -3.96. The van der Waals surface area contributed by atoms with Crippen LogP contribution in [0, 0.1) is 0 Å². The van der Waals surface area contributed by atoms with Gasteiger partial charge in [-0.3, -0.25) is 0 Å². The van der Waals surface area contributed by atoms with Gasteiger partial charge in [-0.25, -0.2) is 4.79 Å². The number of urea groups is 1. The Morgan fingerprint density at radius 2 is 1.51 bits per heavy atom. The van der Waals surface area contributed by atoms with Crippen molar-refractivity contribution in [1.29, 1.82) is 0 Å². The predicted octanol–water partition coefficient (Wildman–Crippen LogP) is 3.15. The maximum absolute atomic E-state index is 11.7. The Morgan fingerprint density at radius 3 is 2.18 bits per heavy atom. The fraction of sp³-hybridized carbons (Fsp3) is 0.429. The SMILES string of the molecule is CNC(=O)Nc1ccc(-c2nc(Nc3ccc(N4CCN(C)CC4)cc3)nc(N3CC4CCC(C3)O4)n2)cc1. The van der Waals surface area contributed by atoms with Gasteiger partial charge in [0.15, 0.2) is 5.82 Å². The number of anilines is 5. The summed E-state index contributed by atoms with van der Waals surface area (Å²) in [5, 5.41) is 8.74. The molecule has 3 aliphatic heterocycles. The van der Waals surface area contributed by atoms with E-state index in [9.17, 15) is 4.79 Å². The topological polar surface area (TPSA) is 111 Å². The lowest BCUT2D eigenvalue weighted by molar-refractivity contribution is 0.0299. The molecular weight excluding hydrogens is 494 g/mol. The van der Waals surface area contributed by atoms with E-state index in [1.165, 1.54) is 5.69 Å². The highest BCUT2D eigenvalue weighted by atomic mass is 16.5. The number of nitrogens with one attached hydrogen (secondary N) is 3. The van der Waals surface area contributed by atoms with Gasteiger partial charge in [0.1, 0.15) is 0 Å². The summed E-state index contributed by atoms with van der Waals surface area (Å²) in [7, 11) is 3.75. The van der Waals surface area contributed by atoms with Gasteiger partial charge in [-0.05, 0) is 68.4 Å². The number of aromatic nitrogens is 3. The molecule has 2 aromatic carbocycles. The third-order valence-corrected chi connectivity index (χ3v) is 7.57. The number of carbonyl (C=O) groups excluding carboxylic acids is 1. The second-order valence-corrected chi connectivity index (χ2v) is 10.4. The number of fused-ring (bicyclic) bond motifs is 2. The smallest absolute Gasteiger partial charge is 0.318 e. The minimum Gasteiger partial charge on any atom is -0.371 e. The van der Waals surface area contributed by atoms with Crippen molar-refractivity contribution in [2.75, 3.05) is 73.8 Å². The van der Waals surface area contributed by atoms with Gasteiger partial charge in [0.05, 0.1) is 12.2 Å². The van der Waals surface area contributed by atoms with Crippen LogP contribution in [0.3, 0.4) is 0 Å². The number of morpholine rings is 1. The van der Waals surface area contributed by atoms with Crippen molar-refractivity contribution in [2.45, 2.75) is 25.0 Å². The summed E-state index contributed by atoms with van der Waals surface area (Å²) in [6.07, 6.45) is 2.59. The highest BCUT2D eigenvalue weighted by Gasteiger charge is 2.35. The summed E-state index contributed by atoms with van der Waals surface area (Å²) < 4.78 is 6.04. The van der Waals surface area contributed by atoms with Crippen LogP contribution in [0.25, 0.3) is 11.4 Å². The summed E-state index contributed by atoms with van der Waals surface area (Å²) in [5.41, 5.74) is 3.67. The number of hydrogen-bond acceptors (Lipinski definition) is 9. The Kier molecular flexibility index (Phi) is 7.16. The molecule has 11 heteroatoms. The largest absolute Gasteiger partial charge is 0.371 e. The normalized spacial score (nSPS) is 21.1. The molecule has 2 atom stereocenters. The average molecular weight is 530 g/mol. The molecule has 39 heavy (non-hydrogen) atoms. The molecule has 0 saturated carbocycles. The number of ether oxygens (including phenoxy) is 1. The molecule has 4 heterocycles. The highest BCUT2D eigenvalue weighted by molar-refractivity contribution is 5.89. The lowest BCUT2D eigenvalue weighted by atomic mass is 10.2. The first-order valence-electron chi connectivity index (χ1n) is 13.6. The van der Waals surface area contributed by atoms with Crippen LogP contribution in [0.5, 0.6) is 0 Å². The predicted molar refractivity (Wildman–Crippen MR) is 153 cm³/mol. The van der Waals surface area contributed by atoms with Crippen LogP contribution >= 0.6 is 0 Å². The highest BCUT2D eigenvalue weighted by Crippen LogP contribution is 2.30. The van der Waals surface area contributed by atoms with Crippen molar-refractivity contribution in [3.8, 4) is 11.4 Å². The van der Waals surface area contributed by atoms with E-state index in [0.717, 1.165) is 63.4 Å². The molecule has 3 N–H and O–H groups in total. The average Bonchev–Trinajstić information content (AvgIpc) is 3.31. The van der Waals surface area contributed by atoms with E-state index >= 15 is 0 Å². The van der Waals surface area contributed by atoms with E-state index in [2.05, 4.69) is 62.0 Å². The molecule has 11 nitrogen and oxygen atoms in total. The minimum absolute atomic E-state index is 0.220. The van der Waals surface area contributed by atoms with Gasteiger partial charge < -0.3 is 35.4 Å². The second-order valence-electron chi connectivity index (χ2n) is 10.4. The summed E-state index contributed by atoms with van der Waals surface area (Å²) in [4.78, 5) is 33.1. The molecule has 1 aromatic heterocycles. The molecular formula is C28H35N9O2. The molecule has 0 radical (unpaired) electrons. The molecule has 0 spiro atoms. The van der Waals surface area contributed by atoms with Crippen molar-refractivity contribution in [2.24, 2.45) is 0 Å². The third-order valence-electron chi connectivity index (χ3n) is 7.57. The Morgan fingerprint density at radius 1 is 0.846 bits per heavy atom. The van der Waals surface area contributed by atoms with Crippen LogP contribution in [-0.4, -0.2) is 91.5 Å². The zero-order chi connectivity index (χ0) is 26.8. The van der Waals surface area contributed by atoms with Crippen LogP contribution in [0.4, 0.5) is 33.8 Å². The Labute approximate surface area is 228 Å². The molecule has 3 aliphatic rings. The lowest BCUT2D eigenvalue weighted by Crippen LogP contribution is -2.44. The van der Waals surface area contributed by atoms with Crippen molar-refractivity contribution >= 4 is 35.0 Å². The van der Waals surface area contributed by atoms with Gasteiger partial charge in [-0.1, -0.05) is 0 Å². The first-order chi connectivity index (χ1) is 19.0. The molecule has 2 bridgehead atoms. The number of likely N-dealkylation sites (N-methyl/N-ethyl adjacent to an activating group) is 1. The molecule has 2 unspecified atom stereocenters. The first-order valence-corrected chi connectivity index (χ1v) is 13.6. The van der Waals surface area contributed by atoms with Crippen LogP contribution < -0.4 is 25.8 Å². The molecule has 204 valence electrons. The van der Waals surface area contributed by atoms with E-state index in [1.807, 2.05) is 24.3 Å². The number of hydrogen-bond donors (Lipinski definition) is 3. The zero-order valence-corrected chi connectivity index (χ0v) is 22.4. The van der Waals surface area contributed by atoms with Crippen LogP contribution in [0.15, 0.2) is 48.5 Å². The van der Waals surface area contributed by atoms with Gasteiger partial charge in [0.2, 0.25) is 11.9 Å². The number of carbonyl (C=O) groups is 1. The molecule has 3 fully saturated rings. The molecule has 0 aliphatic carbocycles. The van der Waals surface area contributed by atoms with E-state index in [-0.39, 0.29) is 18.2 Å². The molecule has 3 aromatic rings. The number of benzene rings is 2. The van der Waals surface area contributed by atoms with Crippen molar-refractivity contribution in [3.05, 3.63) is 48.5 Å². The standard InChI is InChI=1S/C28H35N9O2/c1-29-28(38)31-21-5-3-19(4-6-21)25-32-26(34-27(33-25)37-17-23-11-12-24(18-37)39-23)30-20-7-9-22(10-8-20)36-15-13-35(2)14-16-36/h3-10,23-24H,11-18H2,1-2H3,(H2,29,31,38)(H,30,32,33,34). The van der Waals surface area contributed by atoms with E-state index in [0.29, 0.717) is 23.4 Å². The Bertz CT molecular complexity index is 1280. The zero-order valence-electron chi connectivity index (χ0n) is 22.4. The summed E-state index contributed by atoms with van der Waals surface area (Å²) >= 11 is 0. The quantitative estimate of drug-likeness (QED) is 0.443. The van der Waals surface area contributed by atoms with Gasteiger partial charge in [0, 0.05) is 68.9 Å². The monoisotopic (exact) mass is 529 g/mol. The number of amides is 2. The maximum atomic E-state index is 11.7. The molecule has 2 amide bonds. The third kappa shape index (κ3) is 5.89. The first kappa shape index (κ1) is 25.3. The van der Waals surface area contributed by atoms with Gasteiger partial charge in [-0.2, -0.15) is 15.0 Å². The molecule has 6 rings (SSSR count). The van der Waals surface area contributed by atoms with E-state index in [1.54, 1.807) is 7.05 Å².